The Morgan fingerprint density at radius 1 is 0.964 bits per heavy atom. The number of fused-ring (bicyclic) bond motifs is 5. The number of thiol groups is 1. The van der Waals surface area contributed by atoms with Crippen LogP contribution in [0.3, 0.4) is 0 Å². The molecule has 8 rings (SSSR count). The average Bonchev–Trinajstić information content (AvgIpc) is 3.95. The number of hydrogen-bond acceptors (Lipinski definition) is 16. The molecular formula is C31H34N11O11PS2. The Morgan fingerprint density at radius 2 is 1.73 bits per heavy atom. The number of carbonyl (C=O) groups excluding carboxylic acids is 2. The molecule has 25 heteroatoms. The predicted octanol–water partition coefficient (Wildman–Crippen LogP) is 2.05. The highest BCUT2D eigenvalue weighted by Crippen LogP contribution is 2.57. The number of H-pyrrole nitrogens is 1. The third-order valence-corrected chi connectivity index (χ3v) is 11.8. The summed E-state index contributed by atoms with van der Waals surface area (Å²) in [6.45, 7) is -1.84. The van der Waals surface area contributed by atoms with Gasteiger partial charge in [0.1, 0.15) is 24.8 Å². The molecule has 0 aliphatic carbocycles. The summed E-state index contributed by atoms with van der Waals surface area (Å²) in [5.41, 5.74) is 0.192. The molecule has 3 aliphatic rings. The van der Waals surface area contributed by atoms with Crippen molar-refractivity contribution < 1.29 is 45.3 Å². The van der Waals surface area contributed by atoms with Gasteiger partial charge in [-0.1, -0.05) is 44.3 Å². The third-order valence-electron chi connectivity index (χ3n) is 9.17. The molecule has 4 aromatic heterocycles. The van der Waals surface area contributed by atoms with Gasteiger partial charge in [0.25, 0.3) is 11.5 Å². The molecule has 296 valence electrons. The lowest BCUT2D eigenvalue weighted by atomic mass is 10.1. The summed E-state index contributed by atoms with van der Waals surface area (Å²) in [7, 11) is -4.46. The number of amides is 2. The van der Waals surface area contributed by atoms with Crippen molar-refractivity contribution in [3.05, 3.63) is 65.2 Å². The summed E-state index contributed by atoms with van der Waals surface area (Å²) in [5, 5.41) is 5.27. The van der Waals surface area contributed by atoms with E-state index in [9.17, 15) is 27.4 Å². The Hall–Kier alpha value is -4.65. The van der Waals surface area contributed by atoms with Crippen LogP contribution in [0.25, 0.3) is 22.3 Å². The lowest BCUT2D eigenvalue weighted by molar-refractivity contribution is -0.118. The number of rotatable bonds is 6. The summed E-state index contributed by atoms with van der Waals surface area (Å²) < 4.78 is 75.1. The van der Waals surface area contributed by atoms with E-state index >= 15 is 0 Å². The zero-order valence-corrected chi connectivity index (χ0v) is 32.0. The largest absolute Gasteiger partial charge is 0.386 e. The maximum atomic E-state index is 13.8. The Balaban J connectivity index is 1.03. The quantitative estimate of drug-likeness (QED) is 0.121. The SMILES string of the molecule is CC(C)C(=O)Nc1nc2c(ncn2[C@@H]2O[C@@H]3COS(=O)(=O)N[C@H]4C[C@H](n5cnc6c(NC(=O)c7ccccc7)ncnc65)O[C@@H]4CO[P@@](=O)(S)O[C@@H]2C3)c(=O)[nH]1. The Morgan fingerprint density at radius 3 is 2.52 bits per heavy atom. The smallest absolute Gasteiger partial charge is 0.351 e. The van der Waals surface area contributed by atoms with Crippen LogP contribution in [-0.2, 0) is 42.4 Å². The summed E-state index contributed by atoms with van der Waals surface area (Å²) in [4.78, 5) is 61.9. The van der Waals surface area contributed by atoms with Gasteiger partial charge in [-0.25, -0.2) is 24.5 Å². The fourth-order valence-corrected chi connectivity index (χ4v) is 8.96. The van der Waals surface area contributed by atoms with Crippen molar-refractivity contribution in [2.24, 2.45) is 5.92 Å². The van der Waals surface area contributed by atoms with Gasteiger partial charge >= 0.3 is 17.1 Å². The van der Waals surface area contributed by atoms with Crippen LogP contribution in [0, 0.1) is 5.92 Å². The van der Waals surface area contributed by atoms with Crippen LogP contribution in [-0.4, -0.2) is 96.8 Å². The van der Waals surface area contributed by atoms with E-state index in [1.165, 1.54) is 23.5 Å². The number of nitrogens with one attached hydrogen (secondary N) is 4. The maximum Gasteiger partial charge on any atom is 0.386 e. The second-order valence-corrected chi connectivity index (χ2v) is 17.6. The molecule has 7 heterocycles. The first kappa shape index (κ1) is 38.2. The lowest BCUT2D eigenvalue weighted by Gasteiger charge is -2.25. The molecular weight excluding hydrogens is 798 g/mol. The van der Waals surface area contributed by atoms with Crippen molar-refractivity contribution in [1.82, 2.24) is 43.8 Å². The second kappa shape index (κ2) is 15.0. The molecule has 5 aromatic rings. The van der Waals surface area contributed by atoms with Gasteiger partial charge in [0.15, 0.2) is 34.4 Å². The molecule has 0 unspecified atom stereocenters. The number of benzene rings is 1. The van der Waals surface area contributed by atoms with Gasteiger partial charge in [0, 0.05) is 24.3 Å². The predicted molar refractivity (Wildman–Crippen MR) is 198 cm³/mol. The standard InChI is InChI=1S/C31H34N11O11PS2/c1-15(2)27(43)38-31-37-26-23(29(45)39-31)35-14-42(26)30-19-8-17(51-30)10-50-56(47,48)40-18-9-21(52-20(18)11-49-54(46,55)53-19)41-13-34-22-24(32-12-33-25(22)41)36-28(44)16-6-4-3-5-7-16/h3-7,12-15,17-21,30,40H,8-11H2,1-2H3,(H,46,55)(H,32,33,36,44)(H2,37,38,39,43,45)/t17-,18-,19+,20+,21+,30+,54+/m0/s1. The molecule has 56 heavy (non-hydrogen) atoms. The van der Waals surface area contributed by atoms with Gasteiger partial charge < -0.3 is 14.8 Å². The summed E-state index contributed by atoms with van der Waals surface area (Å²) in [5.74, 6) is -1.22. The topological polar surface area (TPSA) is 275 Å². The van der Waals surface area contributed by atoms with E-state index in [-0.39, 0.29) is 46.9 Å². The maximum absolute atomic E-state index is 13.8. The van der Waals surface area contributed by atoms with Crippen molar-refractivity contribution in [3.63, 3.8) is 0 Å². The van der Waals surface area contributed by atoms with Crippen LogP contribution < -0.4 is 20.9 Å². The minimum absolute atomic E-state index is 0.00507. The van der Waals surface area contributed by atoms with E-state index in [0.29, 0.717) is 5.56 Å². The van der Waals surface area contributed by atoms with Crippen LogP contribution >= 0.6 is 19.0 Å². The monoisotopic (exact) mass is 831 g/mol. The number of aromatic amines is 1. The van der Waals surface area contributed by atoms with Crippen LogP contribution in [0.5, 0.6) is 0 Å². The molecule has 3 saturated heterocycles. The highest BCUT2D eigenvalue weighted by atomic mass is 32.7. The zero-order chi connectivity index (χ0) is 39.4. The van der Waals surface area contributed by atoms with Gasteiger partial charge in [-0.3, -0.25) is 47.0 Å². The summed E-state index contributed by atoms with van der Waals surface area (Å²) >= 11 is 4.22. The number of ether oxygens (including phenoxy) is 2. The number of imidazole rings is 2. The highest BCUT2D eigenvalue weighted by Gasteiger charge is 2.46. The van der Waals surface area contributed by atoms with Gasteiger partial charge in [-0.05, 0) is 12.1 Å². The Kier molecular flexibility index (Phi) is 10.3. The number of anilines is 2. The Labute approximate surface area is 322 Å². The molecule has 2 amide bonds. The van der Waals surface area contributed by atoms with Crippen LogP contribution in [0.4, 0.5) is 11.8 Å². The Bertz CT molecular complexity index is 2530. The number of nitrogens with zero attached hydrogens (tertiary/aromatic N) is 7. The molecule has 0 spiro atoms. The second-order valence-electron chi connectivity index (χ2n) is 13.4. The van der Waals surface area contributed by atoms with Gasteiger partial charge in [0.2, 0.25) is 11.9 Å². The molecule has 0 radical (unpaired) electrons. The van der Waals surface area contributed by atoms with E-state index in [4.69, 9.17) is 22.7 Å². The number of aromatic nitrogens is 8. The normalized spacial score (nSPS) is 28.0. The van der Waals surface area contributed by atoms with E-state index in [1.807, 2.05) is 0 Å². The molecule has 1 aromatic carbocycles. The highest BCUT2D eigenvalue weighted by molar-refractivity contribution is 8.44. The zero-order valence-electron chi connectivity index (χ0n) is 29.4. The lowest BCUT2D eigenvalue weighted by Crippen LogP contribution is -2.43. The molecule has 7 atom stereocenters. The van der Waals surface area contributed by atoms with Crippen molar-refractivity contribution >= 4 is 75.3 Å². The first-order valence-corrected chi connectivity index (χ1v) is 21.3. The van der Waals surface area contributed by atoms with Crippen molar-refractivity contribution in [2.75, 3.05) is 23.8 Å². The first-order valence-electron chi connectivity index (χ1n) is 17.2. The summed E-state index contributed by atoms with van der Waals surface area (Å²) in [6.07, 6.45) is -1.23. The molecule has 0 saturated carbocycles. The number of hydrogen-bond donors (Lipinski definition) is 5. The summed E-state index contributed by atoms with van der Waals surface area (Å²) in [6, 6.07) is 7.57. The van der Waals surface area contributed by atoms with Crippen LogP contribution in [0.2, 0.25) is 0 Å². The number of carbonyl (C=O) groups is 2. The van der Waals surface area contributed by atoms with E-state index in [1.54, 1.807) is 48.7 Å². The molecule has 22 nitrogen and oxygen atoms in total. The van der Waals surface area contributed by atoms with E-state index < -0.39 is 90.4 Å². The molecule has 4 N–H and O–H groups in total. The van der Waals surface area contributed by atoms with Gasteiger partial charge in [0.05, 0.1) is 38.0 Å². The van der Waals surface area contributed by atoms with E-state index in [2.05, 4.69) is 57.5 Å². The fourth-order valence-electron chi connectivity index (χ4n) is 6.45. The molecule has 3 aliphatic heterocycles. The fraction of sp³-hybridized carbons (Fsp3) is 0.419. The van der Waals surface area contributed by atoms with Gasteiger partial charge in [-0.2, -0.15) is 18.1 Å². The average molecular weight is 832 g/mol. The van der Waals surface area contributed by atoms with Crippen LogP contribution in [0.1, 0.15) is 49.5 Å². The minimum atomic E-state index is -4.46. The van der Waals surface area contributed by atoms with Crippen molar-refractivity contribution in [2.45, 2.75) is 63.5 Å². The van der Waals surface area contributed by atoms with Crippen molar-refractivity contribution in [3.8, 4) is 0 Å². The third kappa shape index (κ3) is 7.83. The minimum Gasteiger partial charge on any atom is -0.351 e. The van der Waals surface area contributed by atoms with Crippen molar-refractivity contribution in [1.29, 1.82) is 0 Å². The van der Waals surface area contributed by atoms with Gasteiger partial charge in [-0.15, -0.1) is 0 Å². The van der Waals surface area contributed by atoms with Crippen LogP contribution in [0.15, 0.2) is 54.1 Å². The first-order chi connectivity index (χ1) is 26.7. The molecule has 2 bridgehead atoms. The molecule has 3 fully saturated rings. The van der Waals surface area contributed by atoms with E-state index in [0.717, 1.165) is 0 Å².